The first-order valence-electron chi connectivity index (χ1n) is 8.63. The molecule has 1 aromatic carbocycles. The zero-order valence-electron chi connectivity index (χ0n) is 15.1. The van der Waals surface area contributed by atoms with Gasteiger partial charge in [-0.2, -0.15) is 13.2 Å². The number of amides is 1. The first kappa shape index (κ1) is 19.6. The molecule has 3 N–H and O–H groups in total. The highest BCUT2D eigenvalue weighted by molar-refractivity contribution is 7.13. The normalized spacial score (nSPS) is 12.0. The van der Waals surface area contributed by atoms with E-state index in [-0.39, 0.29) is 5.69 Å². The fourth-order valence-corrected chi connectivity index (χ4v) is 3.61. The molecule has 0 aliphatic rings. The summed E-state index contributed by atoms with van der Waals surface area (Å²) in [5.41, 5.74) is 0.474. The molecule has 4 rings (SSSR count). The highest BCUT2D eigenvalue weighted by atomic mass is 32.1. The van der Waals surface area contributed by atoms with E-state index in [1.807, 2.05) is 0 Å². The third-order valence-corrected chi connectivity index (χ3v) is 5.07. The van der Waals surface area contributed by atoms with E-state index in [1.165, 1.54) is 29.6 Å². The molecule has 30 heavy (non-hydrogen) atoms. The van der Waals surface area contributed by atoms with Crippen LogP contribution in [0, 0.1) is 0 Å². The van der Waals surface area contributed by atoms with Crippen molar-refractivity contribution in [2.75, 3.05) is 5.32 Å². The molecule has 0 aliphatic heterocycles. The Morgan fingerprint density at radius 3 is 2.67 bits per heavy atom. The van der Waals surface area contributed by atoms with Crippen molar-refractivity contribution >= 4 is 40.0 Å². The van der Waals surface area contributed by atoms with E-state index >= 15 is 0 Å². The molecule has 0 spiro atoms. The standard InChI is InChI=1S/C20H13F3N4O2S/c21-20(22,23)15-8-6-11(17(26-15)14-5-2-10-30-14)7-9-16(28)24-12-3-1-4-13-18(12)27-19(29)25-13/h1-10H,(H,24,28)(H2,25,27,29)/b9-7+. The van der Waals surface area contributed by atoms with Crippen LogP contribution >= 0.6 is 11.3 Å². The van der Waals surface area contributed by atoms with E-state index in [4.69, 9.17) is 0 Å². The predicted molar refractivity (Wildman–Crippen MR) is 109 cm³/mol. The van der Waals surface area contributed by atoms with E-state index in [9.17, 15) is 22.8 Å². The molecule has 0 aliphatic carbocycles. The van der Waals surface area contributed by atoms with Crippen LogP contribution < -0.4 is 11.0 Å². The summed E-state index contributed by atoms with van der Waals surface area (Å²) in [5, 5.41) is 4.38. The van der Waals surface area contributed by atoms with Crippen LogP contribution in [-0.4, -0.2) is 20.9 Å². The van der Waals surface area contributed by atoms with E-state index in [0.29, 0.717) is 27.2 Å². The molecule has 0 unspecified atom stereocenters. The van der Waals surface area contributed by atoms with Crippen molar-refractivity contribution in [1.82, 2.24) is 15.0 Å². The first-order chi connectivity index (χ1) is 14.3. The molecule has 0 fully saturated rings. The number of imidazole rings is 1. The third-order valence-electron chi connectivity index (χ3n) is 4.19. The van der Waals surface area contributed by atoms with Crippen LogP contribution in [0.4, 0.5) is 18.9 Å². The third kappa shape index (κ3) is 4.03. The van der Waals surface area contributed by atoms with Gasteiger partial charge >= 0.3 is 11.9 Å². The second-order valence-corrected chi connectivity index (χ2v) is 7.19. The average molecular weight is 430 g/mol. The Bertz CT molecular complexity index is 1300. The van der Waals surface area contributed by atoms with Crippen LogP contribution in [0.2, 0.25) is 0 Å². The molecule has 3 heterocycles. The minimum absolute atomic E-state index is 0.140. The second kappa shape index (κ2) is 7.64. The van der Waals surface area contributed by atoms with Crippen LogP contribution in [0.25, 0.3) is 27.7 Å². The molecule has 3 aromatic heterocycles. The largest absolute Gasteiger partial charge is 0.433 e. The summed E-state index contributed by atoms with van der Waals surface area (Å²) in [7, 11) is 0. The Balaban J connectivity index is 1.63. The number of hydrogen-bond donors (Lipinski definition) is 3. The van der Waals surface area contributed by atoms with Gasteiger partial charge in [-0.3, -0.25) is 4.79 Å². The summed E-state index contributed by atoms with van der Waals surface area (Å²) in [6.45, 7) is 0. The first-order valence-corrected chi connectivity index (χ1v) is 9.51. The van der Waals surface area contributed by atoms with Crippen molar-refractivity contribution in [2.45, 2.75) is 6.18 Å². The van der Waals surface area contributed by atoms with Gasteiger partial charge in [0.05, 0.1) is 27.3 Å². The van der Waals surface area contributed by atoms with Crippen molar-refractivity contribution in [2.24, 2.45) is 0 Å². The number of nitrogens with zero attached hydrogens (tertiary/aromatic N) is 1. The summed E-state index contributed by atoms with van der Waals surface area (Å²) in [6.07, 6.45) is -1.97. The van der Waals surface area contributed by atoms with Gasteiger partial charge in [0, 0.05) is 11.6 Å². The van der Waals surface area contributed by atoms with E-state index in [2.05, 4.69) is 20.3 Å². The molecule has 0 radical (unpaired) electrons. The summed E-state index contributed by atoms with van der Waals surface area (Å²) in [4.78, 5) is 33.3. The van der Waals surface area contributed by atoms with Gasteiger partial charge in [0.1, 0.15) is 5.69 Å². The maximum atomic E-state index is 13.1. The Kier molecular flexibility index (Phi) is 5.00. The lowest BCUT2D eigenvalue weighted by atomic mass is 10.1. The number of aromatic nitrogens is 3. The molecule has 152 valence electrons. The molecule has 0 saturated heterocycles. The number of carbonyl (C=O) groups excluding carboxylic acids is 1. The maximum Gasteiger partial charge on any atom is 0.433 e. The summed E-state index contributed by atoms with van der Waals surface area (Å²) in [6, 6.07) is 10.5. The smallest absolute Gasteiger partial charge is 0.321 e. The van der Waals surface area contributed by atoms with Crippen molar-refractivity contribution < 1.29 is 18.0 Å². The molecule has 0 saturated carbocycles. The Labute approximate surface area is 171 Å². The van der Waals surface area contributed by atoms with Crippen LogP contribution in [-0.2, 0) is 11.0 Å². The van der Waals surface area contributed by atoms with Crippen LogP contribution in [0.3, 0.4) is 0 Å². The molecule has 0 bridgehead atoms. The zero-order chi connectivity index (χ0) is 21.3. The molecule has 6 nitrogen and oxygen atoms in total. The van der Waals surface area contributed by atoms with Gasteiger partial charge < -0.3 is 15.3 Å². The minimum atomic E-state index is -4.57. The number of fused-ring (bicyclic) bond motifs is 1. The number of rotatable bonds is 4. The molecule has 0 atom stereocenters. The molecule has 4 aromatic rings. The Morgan fingerprint density at radius 2 is 1.93 bits per heavy atom. The summed E-state index contributed by atoms with van der Waals surface area (Å²) >= 11 is 1.25. The second-order valence-electron chi connectivity index (χ2n) is 6.24. The molecule has 10 heteroatoms. The van der Waals surface area contributed by atoms with E-state index < -0.39 is 23.5 Å². The van der Waals surface area contributed by atoms with Gasteiger partial charge in [-0.15, -0.1) is 11.3 Å². The van der Waals surface area contributed by atoms with E-state index in [1.54, 1.807) is 35.7 Å². The van der Waals surface area contributed by atoms with Crippen LogP contribution in [0.5, 0.6) is 0 Å². The van der Waals surface area contributed by atoms with Gasteiger partial charge in [-0.1, -0.05) is 18.2 Å². The van der Waals surface area contributed by atoms with Gasteiger partial charge in [-0.25, -0.2) is 9.78 Å². The molecule has 1 amide bonds. The molecular formula is C20H13F3N4O2S. The minimum Gasteiger partial charge on any atom is -0.321 e. The van der Waals surface area contributed by atoms with Crippen LogP contribution in [0.1, 0.15) is 11.3 Å². The number of nitrogens with one attached hydrogen (secondary N) is 3. The summed E-state index contributed by atoms with van der Waals surface area (Å²) in [5.74, 6) is -0.512. The van der Waals surface area contributed by atoms with Crippen molar-refractivity contribution in [3.63, 3.8) is 0 Å². The van der Waals surface area contributed by atoms with Gasteiger partial charge in [0.15, 0.2) is 0 Å². The van der Waals surface area contributed by atoms with Crippen molar-refractivity contribution in [1.29, 1.82) is 0 Å². The highest BCUT2D eigenvalue weighted by Crippen LogP contribution is 2.33. The lowest BCUT2D eigenvalue weighted by Crippen LogP contribution is -2.09. The lowest BCUT2D eigenvalue weighted by molar-refractivity contribution is -0.141. The fraction of sp³-hybridized carbons (Fsp3) is 0.0500. The van der Waals surface area contributed by atoms with Gasteiger partial charge in [0.2, 0.25) is 5.91 Å². The SMILES string of the molecule is O=C(/C=C/c1ccc(C(F)(F)F)nc1-c1cccs1)Nc1cccc2[nH]c(=O)[nH]c12. The lowest BCUT2D eigenvalue weighted by Gasteiger charge is -2.10. The number of halogens is 3. The van der Waals surface area contributed by atoms with E-state index in [0.717, 1.165) is 6.07 Å². The maximum absolute atomic E-state index is 13.1. The number of thiophene rings is 1. The number of aromatic amines is 2. The van der Waals surface area contributed by atoms with Crippen molar-refractivity contribution in [3.05, 3.63) is 75.7 Å². The van der Waals surface area contributed by atoms with Gasteiger partial charge in [0.25, 0.3) is 0 Å². The number of H-pyrrole nitrogens is 2. The van der Waals surface area contributed by atoms with Gasteiger partial charge in [-0.05, 0) is 35.7 Å². The number of anilines is 1. The fourth-order valence-electron chi connectivity index (χ4n) is 2.88. The monoisotopic (exact) mass is 430 g/mol. The number of para-hydroxylation sites is 1. The quantitative estimate of drug-likeness (QED) is 0.412. The number of hydrogen-bond acceptors (Lipinski definition) is 4. The van der Waals surface area contributed by atoms with Crippen LogP contribution in [0.15, 0.2) is 58.7 Å². The number of alkyl halides is 3. The number of carbonyl (C=O) groups is 1. The molecular weight excluding hydrogens is 417 g/mol. The zero-order valence-corrected chi connectivity index (χ0v) is 15.9. The summed E-state index contributed by atoms with van der Waals surface area (Å²) < 4.78 is 39.2. The predicted octanol–water partition coefficient (Wildman–Crippen LogP) is 4.65. The highest BCUT2D eigenvalue weighted by Gasteiger charge is 2.33. The number of benzene rings is 1. The topological polar surface area (TPSA) is 90.6 Å². The van der Waals surface area contributed by atoms with Crippen molar-refractivity contribution in [3.8, 4) is 10.6 Å². The number of pyridine rings is 1. The Morgan fingerprint density at radius 1 is 1.10 bits per heavy atom. The Hall–Kier alpha value is -3.66. The average Bonchev–Trinajstić information content (AvgIpc) is 3.35.